The van der Waals surface area contributed by atoms with Crippen molar-refractivity contribution in [3.63, 3.8) is 0 Å². The number of carbonyl (C=O) groups is 2. The van der Waals surface area contributed by atoms with Gasteiger partial charge in [0, 0.05) is 62.3 Å². The van der Waals surface area contributed by atoms with Crippen LogP contribution in [0.5, 0.6) is 0 Å². The summed E-state index contributed by atoms with van der Waals surface area (Å²) < 4.78 is 55.8. The van der Waals surface area contributed by atoms with Gasteiger partial charge in [0.15, 0.2) is 0 Å². The van der Waals surface area contributed by atoms with Crippen molar-refractivity contribution in [2.75, 3.05) is 32.7 Å². The zero-order valence-electron chi connectivity index (χ0n) is 23.1. The number of unbranched alkanes of at least 4 members (excludes halogenated alkanes) is 1. The van der Waals surface area contributed by atoms with Crippen LogP contribution in [-0.2, 0) is 31.8 Å². The Balaban J connectivity index is 1.45. The third-order valence-corrected chi connectivity index (χ3v) is 9.59. The highest BCUT2D eigenvalue weighted by molar-refractivity contribution is 7.88. The second-order valence-corrected chi connectivity index (χ2v) is 13.3. The summed E-state index contributed by atoms with van der Waals surface area (Å²) in [4.78, 5) is 27.4. The number of hydrogen-bond donors (Lipinski definition) is 2. The highest BCUT2D eigenvalue weighted by Crippen LogP contribution is 2.22. The van der Waals surface area contributed by atoms with Crippen molar-refractivity contribution in [3.05, 3.63) is 70.2 Å². The minimum Gasteiger partial charge on any atom is -0.353 e. The molecule has 2 saturated heterocycles. The van der Waals surface area contributed by atoms with E-state index in [1.807, 2.05) is 6.92 Å². The van der Waals surface area contributed by atoms with Gasteiger partial charge in [-0.15, -0.1) is 0 Å². The van der Waals surface area contributed by atoms with Crippen LogP contribution in [0, 0.1) is 17.6 Å². The SMILES string of the molecule is CCCCN1CC(C(=O)NC(Cc2cc(F)cc(F)c2)C[C@H]2CN(S(=O)(=O)Cc3cccc(Cl)c3)CCN2)CC1=O. The zero-order valence-corrected chi connectivity index (χ0v) is 24.7. The molecule has 2 aromatic carbocycles. The highest BCUT2D eigenvalue weighted by atomic mass is 35.5. The van der Waals surface area contributed by atoms with E-state index in [-0.39, 0.29) is 43.0 Å². The van der Waals surface area contributed by atoms with Gasteiger partial charge in [-0.2, -0.15) is 4.31 Å². The minimum absolute atomic E-state index is 0.0585. The number of nitrogens with zero attached hydrogens (tertiary/aromatic N) is 2. The van der Waals surface area contributed by atoms with Gasteiger partial charge in [-0.3, -0.25) is 9.59 Å². The Hall–Kier alpha value is -2.60. The van der Waals surface area contributed by atoms with E-state index >= 15 is 0 Å². The molecule has 2 aliphatic heterocycles. The number of sulfonamides is 1. The molecule has 0 saturated carbocycles. The quantitative estimate of drug-likeness (QED) is 0.383. The molecule has 224 valence electrons. The number of carbonyl (C=O) groups excluding carboxylic acids is 2. The van der Waals surface area contributed by atoms with Crippen molar-refractivity contribution in [1.82, 2.24) is 19.8 Å². The number of likely N-dealkylation sites (tertiary alicyclic amines) is 1. The van der Waals surface area contributed by atoms with Crippen LogP contribution in [0.15, 0.2) is 42.5 Å². The van der Waals surface area contributed by atoms with Crippen LogP contribution < -0.4 is 10.6 Å². The summed E-state index contributed by atoms with van der Waals surface area (Å²) in [6, 6.07) is 9.11. The number of benzene rings is 2. The molecule has 2 aliphatic rings. The van der Waals surface area contributed by atoms with Crippen molar-refractivity contribution in [1.29, 1.82) is 0 Å². The Kier molecular flexibility index (Phi) is 10.7. The van der Waals surface area contributed by atoms with Gasteiger partial charge in [0.25, 0.3) is 0 Å². The maximum atomic E-state index is 14.0. The number of amides is 2. The van der Waals surface area contributed by atoms with E-state index in [9.17, 15) is 26.8 Å². The lowest BCUT2D eigenvalue weighted by Crippen LogP contribution is -2.55. The van der Waals surface area contributed by atoms with E-state index in [0.717, 1.165) is 18.9 Å². The molecule has 4 rings (SSSR count). The Morgan fingerprint density at radius 3 is 2.61 bits per heavy atom. The summed E-state index contributed by atoms with van der Waals surface area (Å²) in [5.74, 6) is -2.48. The van der Waals surface area contributed by atoms with Crippen LogP contribution in [-0.4, -0.2) is 74.2 Å². The molecule has 0 aliphatic carbocycles. The van der Waals surface area contributed by atoms with Gasteiger partial charge < -0.3 is 15.5 Å². The first-order chi connectivity index (χ1) is 19.5. The van der Waals surface area contributed by atoms with Crippen molar-refractivity contribution < 1.29 is 26.8 Å². The molecule has 0 bridgehead atoms. The largest absolute Gasteiger partial charge is 0.353 e. The second-order valence-electron chi connectivity index (χ2n) is 10.9. The molecular formula is C29H37ClF2N4O4S. The summed E-state index contributed by atoms with van der Waals surface area (Å²) in [5, 5.41) is 6.79. The molecule has 2 N–H and O–H groups in total. The third-order valence-electron chi connectivity index (χ3n) is 7.54. The van der Waals surface area contributed by atoms with Crippen LogP contribution in [0.2, 0.25) is 5.02 Å². The van der Waals surface area contributed by atoms with Crippen LogP contribution in [0.3, 0.4) is 0 Å². The van der Waals surface area contributed by atoms with E-state index in [1.165, 1.54) is 16.4 Å². The van der Waals surface area contributed by atoms with E-state index in [1.54, 1.807) is 29.2 Å². The van der Waals surface area contributed by atoms with Crippen LogP contribution >= 0.6 is 11.6 Å². The molecule has 41 heavy (non-hydrogen) atoms. The molecule has 3 atom stereocenters. The molecule has 2 amide bonds. The Labute approximate surface area is 245 Å². The number of nitrogens with one attached hydrogen (secondary N) is 2. The molecule has 2 unspecified atom stereocenters. The number of halogens is 3. The summed E-state index contributed by atoms with van der Waals surface area (Å²) >= 11 is 6.03. The standard InChI is InChI=1S/C29H37ClF2N4O4S/c1-2-3-8-35-17-22(14-28(35)37)29(38)34-26(13-21-11-24(31)15-25(32)12-21)16-27-18-36(9-7-33-27)41(39,40)19-20-5-4-6-23(30)10-20/h4-6,10-12,15,22,26-27,33H,2-3,7-9,13-14,16-19H2,1H3,(H,34,38)/t22?,26?,27-/m0/s1. The highest BCUT2D eigenvalue weighted by Gasteiger charge is 2.36. The van der Waals surface area contributed by atoms with Crippen LogP contribution in [0.4, 0.5) is 8.78 Å². The monoisotopic (exact) mass is 610 g/mol. The van der Waals surface area contributed by atoms with Gasteiger partial charge in [-0.1, -0.05) is 37.1 Å². The Morgan fingerprint density at radius 2 is 1.90 bits per heavy atom. The van der Waals surface area contributed by atoms with E-state index in [2.05, 4.69) is 10.6 Å². The van der Waals surface area contributed by atoms with Gasteiger partial charge in [0.05, 0.1) is 11.7 Å². The van der Waals surface area contributed by atoms with Crippen molar-refractivity contribution >= 4 is 33.4 Å². The predicted molar refractivity (Wildman–Crippen MR) is 154 cm³/mol. The van der Waals surface area contributed by atoms with E-state index in [0.29, 0.717) is 48.7 Å². The molecule has 0 spiro atoms. The molecule has 2 aromatic rings. The lowest BCUT2D eigenvalue weighted by Gasteiger charge is -2.35. The van der Waals surface area contributed by atoms with Crippen molar-refractivity contribution in [3.8, 4) is 0 Å². The molecular weight excluding hydrogens is 574 g/mol. The average Bonchev–Trinajstić information content (AvgIpc) is 3.27. The fourth-order valence-electron chi connectivity index (χ4n) is 5.52. The smallest absolute Gasteiger partial charge is 0.225 e. The Morgan fingerprint density at radius 1 is 1.15 bits per heavy atom. The molecule has 12 heteroatoms. The van der Waals surface area contributed by atoms with Crippen LogP contribution in [0.25, 0.3) is 0 Å². The first kappa shape index (κ1) is 31.3. The topological polar surface area (TPSA) is 98.8 Å². The average molecular weight is 611 g/mol. The maximum Gasteiger partial charge on any atom is 0.225 e. The lowest BCUT2D eigenvalue weighted by atomic mass is 9.97. The summed E-state index contributed by atoms with van der Waals surface area (Å²) in [6.45, 7) is 3.87. The van der Waals surface area contributed by atoms with Gasteiger partial charge in [-0.25, -0.2) is 17.2 Å². The molecule has 2 heterocycles. The Bertz CT molecular complexity index is 1330. The number of hydrogen-bond acceptors (Lipinski definition) is 5. The molecule has 0 radical (unpaired) electrons. The molecule has 0 aromatic heterocycles. The predicted octanol–water partition coefficient (Wildman–Crippen LogP) is 3.49. The third kappa shape index (κ3) is 8.94. The minimum atomic E-state index is -3.64. The fourth-order valence-corrected chi connectivity index (χ4v) is 7.29. The van der Waals surface area contributed by atoms with Crippen molar-refractivity contribution in [2.24, 2.45) is 5.92 Å². The van der Waals surface area contributed by atoms with Crippen LogP contribution in [0.1, 0.15) is 43.7 Å². The number of rotatable bonds is 12. The van der Waals surface area contributed by atoms with Gasteiger partial charge in [-0.05, 0) is 54.7 Å². The maximum absolute atomic E-state index is 14.0. The molecule has 2 fully saturated rings. The van der Waals surface area contributed by atoms with Crippen molar-refractivity contribution in [2.45, 2.75) is 56.9 Å². The normalized spacial score (nSPS) is 20.8. The van der Waals surface area contributed by atoms with E-state index < -0.39 is 33.6 Å². The first-order valence-electron chi connectivity index (χ1n) is 14.0. The fraction of sp³-hybridized carbons (Fsp3) is 0.517. The van der Waals surface area contributed by atoms with Gasteiger partial charge >= 0.3 is 0 Å². The summed E-state index contributed by atoms with van der Waals surface area (Å²) in [7, 11) is -3.64. The van der Waals surface area contributed by atoms with E-state index in [4.69, 9.17) is 11.6 Å². The summed E-state index contributed by atoms with van der Waals surface area (Å²) in [6.07, 6.45) is 2.39. The summed E-state index contributed by atoms with van der Waals surface area (Å²) in [5.41, 5.74) is 0.964. The van der Waals surface area contributed by atoms with Gasteiger partial charge in [0.1, 0.15) is 11.6 Å². The second kappa shape index (κ2) is 14.0. The number of piperazine rings is 1. The van der Waals surface area contributed by atoms with Gasteiger partial charge in [0.2, 0.25) is 21.8 Å². The first-order valence-corrected chi connectivity index (χ1v) is 16.0. The molecule has 8 nitrogen and oxygen atoms in total. The lowest BCUT2D eigenvalue weighted by molar-refractivity contribution is -0.129. The zero-order chi connectivity index (χ0) is 29.6.